The summed E-state index contributed by atoms with van der Waals surface area (Å²) in [4.78, 5) is 0. The quantitative estimate of drug-likeness (QED) is 0.875. The fraction of sp³-hybridized carbons (Fsp3) is 0.684. The molecule has 1 aromatic rings. The van der Waals surface area contributed by atoms with E-state index in [0.29, 0.717) is 17.1 Å². The van der Waals surface area contributed by atoms with Gasteiger partial charge in [-0.25, -0.2) is 0 Å². The summed E-state index contributed by atoms with van der Waals surface area (Å²) in [7, 11) is 0. The van der Waals surface area contributed by atoms with Crippen LogP contribution in [0.4, 0.5) is 0 Å². The van der Waals surface area contributed by atoms with Gasteiger partial charge in [0.2, 0.25) is 0 Å². The van der Waals surface area contributed by atoms with Crippen LogP contribution in [-0.4, -0.2) is 17.2 Å². The van der Waals surface area contributed by atoms with Crippen LogP contribution in [0.5, 0.6) is 0 Å². The summed E-state index contributed by atoms with van der Waals surface area (Å²) in [6, 6.07) is 7.58. The number of hydrogen-bond donors (Lipinski definition) is 2. The lowest BCUT2D eigenvalue weighted by Crippen LogP contribution is -2.60. The Hall–Kier alpha value is -0.570. The van der Waals surface area contributed by atoms with Gasteiger partial charge in [-0.1, -0.05) is 23.7 Å². The van der Waals surface area contributed by atoms with E-state index in [4.69, 9.17) is 11.6 Å². The SMILES string of the molecule is CC(O)(CNC12CC3CC(CC(C3)C1)C2)c1ccc(Cl)cc1. The van der Waals surface area contributed by atoms with Gasteiger partial charge in [-0.05, 0) is 80.9 Å². The minimum Gasteiger partial charge on any atom is -0.384 e. The van der Waals surface area contributed by atoms with Crippen molar-refractivity contribution in [2.75, 3.05) is 6.54 Å². The summed E-state index contributed by atoms with van der Waals surface area (Å²) >= 11 is 5.95. The molecule has 0 radical (unpaired) electrons. The molecule has 4 fully saturated rings. The number of aliphatic hydroxyl groups is 1. The van der Waals surface area contributed by atoms with Gasteiger partial charge in [0.15, 0.2) is 0 Å². The van der Waals surface area contributed by atoms with E-state index in [1.807, 2.05) is 31.2 Å². The third-order valence-corrected chi connectivity index (χ3v) is 6.56. The van der Waals surface area contributed by atoms with Crippen LogP contribution < -0.4 is 5.32 Å². The summed E-state index contributed by atoms with van der Waals surface area (Å²) in [5.41, 5.74) is 0.396. The summed E-state index contributed by atoms with van der Waals surface area (Å²) in [6.45, 7) is 2.53. The zero-order chi connectivity index (χ0) is 15.4. The first-order valence-corrected chi connectivity index (χ1v) is 9.05. The zero-order valence-electron chi connectivity index (χ0n) is 13.3. The third-order valence-electron chi connectivity index (χ3n) is 6.31. The molecule has 4 aliphatic carbocycles. The summed E-state index contributed by atoms with van der Waals surface area (Å²) < 4.78 is 0. The molecule has 4 aliphatic rings. The van der Waals surface area contributed by atoms with Crippen LogP contribution in [0, 0.1) is 17.8 Å². The predicted molar refractivity (Wildman–Crippen MR) is 89.9 cm³/mol. The molecule has 5 rings (SSSR count). The number of β-amino-alcohol motifs (C(OH)–C–C–N with tert-alkyl or cyclic N) is 1. The molecular weight excluding hydrogens is 294 g/mol. The number of nitrogens with one attached hydrogen (secondary N) is 1. The molecule has 0 saturated heterocycles. The van der Waals surface area contributed by atoms with Crippen molar-refractivity contribution >= 4 is 11.6 Å². The topological polar surface area (TPSA) is 32.3 Å². The van der Waals surface area contributed by atoms with E-state index in [0.717, 1.165) is 23.3 Å². The van der Waals surface area contributed by atoms with E-state index in [2.05, 4.69) is 5.32 Å². The highest BCUT2D eigenvalue weighted by atomic mass is 35.5. The first-order valence-electron chi connectivity index (χ1n) is 8.68. The highest BCUT2D eigenvalue weighted by Gasteiger charge is 2.51. The maximum atomic E-state index is 10.9. The lowest BCUT2D eigenvalue weighted by atomic mass is 9.53. The van der Waals surface area contributed by atoms with Gasteiger partial charge in [0.1, 0.15) is 0 Å². The van der Waals surface area contributed by atoms with Gasteiger partial charge in [0, 0.05) is 17.1 Å². The van der Waals surface area contributed by atoms with Crippen molar-refractivity contribution in [2.45, 2.75) is 56.6 Å². The monoisotopic (exact) mass is 319 g/mol. The molecule has 2 nitrogen and oxygen atoms in total. The first kappa shape index (κ1) is 15.0. The molecule has 1 aromatic carbocycles. The van der Waals surface area contributed by atoms with Gasteiger partial charge in [0.05, 0.1) is 5.60 Å². The Morgan fingerprint density at radius 1 is 1.09 bits per heavy atom. The van der Waals surface area contributed by atoms with Crippen LogP contribution in [0.1, 0.15) is 51.0 Å². The second-order valence-corrected chi connectivity index (χ2v) is 8.77. The lowest BCUT2D eigenvalue weighted by molar-refractivity contribution is -0.0357. The molecule has 2 N–H and O–H groups in total. The summed E-state index contributed by atoms with van der Waals surface area (Å²) in [5.74, 6) is 2.79. The second kappa shape index (κ2) is 5.22. The van der Waals surface area contributed by atoms with Crippen LogP contribution >= 0.6 is 11.6 Å². The predicted octanol–water partition coefficient (Wildman–Crippen LogP) is 4.11. The van der Waals surface area contributed by atoms with Gasteiger partial charge in [-0.2, -0.15) is 0 Å². The van der Waals surface area contributed by atoms with E-state index in [-0.39, 0.29) is 0 Å². The molecule has 0 amide bonds. The Morgan fingerprint density at radius 3 is 2.09 bits per heavy atom. The van der Waals surface area contributed by atoms with Crippen molar-refractivity contribution in [1.82, 2.24) is 5.32 Å². The third kappa shape index (κ3) is 2.70. The fourth-order valence-corrected chi connectivity index (χ4v) is 5.72. The molecule has 4 bridgehead atoms. The maximum Gasteiger partial charge on any atom is 0.0992 e. The number of benzene rings is 1. The molecule has 22 heavy (non-hydrogen) atoms. The van der Waals surface area contributed by atoms with Crippen LogP contribution in [0.15, 0.2) is 24.3 Å². The molecule has 120 valence electrons. The van der Waals surface area contributed by atoms with Gasteiger partial charge in [0.25, 0.3) is 0 Å². The Labute approximate surface area is 138 Å². The Kier molecular flexibility index (Phi) is 3.56. The van der Waals surface area contributed by atoms with Crippen molar-refractivity contribution in [2.24, 2.45) is 17.8 Å². The van der Waals surface area contributed by atoms with E-state index in [9.17, 15) is 5.11 Å². The molecule has 1 unspecified atom stereocenters. The van der Waals surface area contributed by atoms with E-state index >= 15 is 0 Å². The summed E-state index contributed by atoms with van der Waals surface area (Å²) in [5, 5.41) is 15.4. The first-order chi connectivity index (χ1) is 10.4. The minimum atomic E-state index is -0.839. The Morgan fingerprint density at radius 2 is 1.59 bits per heavy atom. The zero-order valence-corrected chi connectivity index (χ0v) is 14.1. The number of hydrogen-bond acceptors (Lipinski definition) is 2. The second-order valence-electron chi connectivity index (χ2n) is 8.33. The van der Waals surface area contributed by atoms with Crippen LogP contribution in [-0.2, 0) is 5.60 Å². The van der Waals surface area contributed by atoms with Gasteiger partial charge >= 0.3 is 0 Å². The van der Waals surface area contributed by atoms with Crippen LogP contribution in [0.25, 0.3) is 0 Å². The molecule has 4 saturated carbocycles. The van der Waals surface area contributed by atoms with Crippen molar-refractivity contribution in [1.29, 1.82) is 0 Å². The molecule has 1 atom stereocenters. The number of rotatable bonds is 4. The molecular formula is C19H26ClNO. The van der Waals surface area contributed by atoms with Gasteiger partial charge in [-0.15, -0.1) is 0 Å². The van der Waals surface area contributed by atoms with E-state index < -0.39 is 5.60 Å². The standard InChI is InChI=1S/C19H26ClNO/c1-18(22,16-2-4-17(20)5-3-16)12-21-19-9-13-6-14(10-19)8-15(7-13)11-19/h2-5,13-15,21-22H,6-12H2,1H3. The van der Waals surface area contributed by atoms with Gasteiger partial charge < -0.3 is 10.4 Å². The molecule has 0 aliphatic heterocycles. The smallest absolute Gasteiger partial charge is 0.0992 e. The van der Waals surface area contributed by atoms with E-state index in [1.165, 1.54) is 38.5 Å². The minimum absolute atomic E-state index is 0.297. The van der Waals surface area contributed by atoms with Crippen molar-refractivity contribution in [3.63, 3.8) is 0 Å². The Bertz CT molecular complexity index is 516. The number of halogens is 1. The highest BCUT2D eigenvalue weighted by Crippen LogP contribution is 2.55. The van der Waals surface area contributed by atoms with Gasteiger partial charge in [-0.3, -0.25) is 0 Å². The lowest BCUT2D eigenvalue weighted by Gasteiger charge is -2.57. The normalized spacial score (nSPS) is 39.0. The van der Waals surface area contributed by atoms with E-state index in [1.54, 1.807) is 0 Å². The molecule has 3 heteroatoms. The summed E-state index contributed by atoms with van der Waals surface area (Å²) in [6.07, 6.45) is 8.30. The van der Waals surface area contributed by atoms with Crippen LogP contribution in [0.3, 0.4) is 0 Å². The Balaban J connectivity index is 1.46. The molecule has 0 spiro atoms. The maximum absolute atomic E-state index is 10.9. The molecule has 0 aromatic heterocycles. The average Bonchev–Trinajstić information content (AvgIpc) is 2.45. The largest absolute Gasteiger partial charge is 0.384 e. The van der Waals surface area contributed by atoms with Crippen molar-refractivity contribution < 1.29 is 5.11 Å². The van der Waals surface area contributed by atoms with Crippen molar-refractivity contribution in [3.8, 4) is 0 Å². The van der Waals surface area contributed by atoms with Crippen LogP contribution in [0.2, 0.25) is 5.02 Å². The molecule has 0 heterocycles. The average molecular weight is 320 g/mol. The highest BCUT2D eigenvalue weighted by molar-refractivity contribution is 6.30. The van der Waals surface area contributed by atoms with Crippen molar-refractivity contribution in [3.05, 3.63) is 34.9 Å². The fourth-order valence-electron chi connectivity index (χ4n) is 5.60.